The van der Waals surface area contributed by atoms with Gasteiger partial charge in [0.2, 0.25) is 0 Å². The van der Waals surface area contributed by atoms with Crippen LogP contribution in [0.15, 0.2) is 5.16 Å². The number of rotatable bonds is 5. The highest BCUT2D eigenvalue weighted by atomic mass is 32.2. The molecule has 0 aliphatic heterocycles. The number of hydrogen-bond donors (Lipinski definition) is 2. The molecule has 0 spiro atoms. The minimum Gasteiger partial charge on any atom is -0.409 e. The van der Waals surface area contributed by atoms with E-state index in [0.717, 1.165) is 5.75 Å². The Balaban J connectivity index is 3.44. The second kappa shape index (κ2) is 6.34. The van der Waals surface area contributed by atoms with Gasteiger partial charge in [0.25, 0.3) is 0 Å². The summed E-state index contributed by atoms with van der Waals surface area (Å²) in [5.41, 5.74) is 5.38. The molecule has 0 rings (SSSR count). The summed E-state index contributed by atoms with van der Waals surface area (Å²) in [6, 6.07) is 0. The van der Waals surface area contributed by atoms with Gasteiger partial charge >= 0.3 is 0 Å². The maximum absolute atomic E-state index is 8.31. The Labute approximate surface area is 72.0 Å². The molecule has 0 aliphatic carbocycles. The van der Waals surface area contributed by atoms with E-state index in [1.54, 1.807) is 11.8 Å². The van der Waals surface area contributed by atoms with Crippen LogP contribution in [0.1, 0.15) is 26.7 Å². The highest BCUT2D eigenvalue weighted by Gasteiger charge is 2.06. The topological polar surface area (TPSA) is 58.6 Å². The lowest BCUT2D eigenvalue weighted by Crippen LogP contribution is -2.23. The minimum atomic E-state index is 0.131. The fourth-order valence-corrected chi connectivity index (χ4v) is 1.60. The smallest absolute Gasteiger partial charge is 0.151 e. The zero-order chi connectivity index (χ0) is 8.69. The molecule has 3 N–H and O–H groups in total. The summed E-state index contributed by atoms with van der Waals surface area (Å²) >= 11 is 1.72. The molecule has 1 unspecified atom stereocenters. The van der Waals surface area contributed by atoms with Crippen molar-refractivity contribution in [1.29, 1.82) is 0 Å². The van der Waals surface area contributed by atoms with Gasteiger partial charge < -0.3 is 10.9 Å². The van der Waals surface area contributed by atoms with E-state index in [1.165, 1.54) is 12.8 Å². The number of nitrogens with two attached hydrogens (primary N) is 1. The van der Waals surface area contributed by atoms with Gasteiger partial charge in [0.15, 0.2) is 5.84 Å². The summed E-state index contributed by atoms with van der Waals surface area (Å²) < 4.78 is 0. The largest absolute Gasteiger partial charge is 0.409 e. The lowest BCUT2D eigenvalue weighted by Gasteiger charge is -2.07. The molecule has 0 saturated heterocycles. The molecule has 0 fully saturated rings. The van der Waals surface area contributed by atoms with Gasteiger partial charge in [-0.15, -0.1) is 0 Å². The van der Waals surface area contributed by atoms with Gasteiger partial charge in [-0.3, -0.25) is 0 Å². The molecule has 11 heavy (non-hydrogen) atoms. The first-order chi connectivity index (χ1) is 5.22. The molecule has 0 heterocycles. The highest BCUT2D eigenvalue weighted by molar-refractivity contribution is 8.00. The van der Waals surface area contributed by atoms with Gasteiger partial charge in [-0.1, -0.05) is 18.5 Å². The zero-order valence-corrected chi connectivity index (χ0v) is 7.90. The maximum atomic E-state index is 8.31. The summed E-state index contributed by atoms with van der Waals surface area (Å²) in [5, 5.41) is 11.4. The van der Waals surface area contributed by atoms with Gasteiger partial charge in [-0.05, 0) is 19.1 Å². The quantitative estimate of drug-likeness (QED) is 0.220. The number of hydrogen-bond acceptors (Lipinski definition) is 3. The third-order valence-electron chi connectivity index (χ3n) is 1.40. The summed E-state index contributed by atoms with van der Waals surface area (Å²) in [7, 11) is 0. The van der Waals surface area contributed by atoms with Crippen LogP contribution >= 0.6 is 11.8 Å². The maximum Gasteiger partial charge on any atom is 0.151 e. The van der Waals surface area contributed by atoms with Crippen molar-refractivity contribution in [3.63, 3.8) is 0 Å². The number of thioether (sulfide) groups is 1. The zero-order valence-electron chi connectivity index (χ0n) is 7.08. The van der Waals surface area contributed by atoms with E-state index in [2.05, 4.69) is 12.1 Å². The van der Waals surface area contributed by atoms with Gasteiger partial charge in [-0.2, -0.15) is 11.8 Å². The molecule has 0 aliphatic rings. The van der Waals surface area contributed by atoms with Crippen molar-refractivity contribution >= 4 is 17.6 Å². The normalized spacial score (nSPS) is 14.9. The summed E-state index contributed by atoms with van der Waals surface area (Å²) in [4.78, 5) is 0. The first kappa shape index (κ1) is 10.6. The van der Waals surface area contributed by atoms with Crippen molar-refractivity contribution < 1.29 is 5.21 Å². The molecule has 0 amide bonds. The van der Waals surface area contributed by atoms with Crippen LogP contribution in [0.5, 0.6) is 0 Å². The van der Waals surface area contributed by atoms with Gasteiger partial charge in [0.1, 0.15) is 0 Å². The first-order valence-corrected chi connectivity index (χ1v) is 4.86. The van der Waals surface area contributed by atoms with E-state index >= 15 is 0 Å². The fourth-order valence-electron chi connectivity index (χ4n) is 0.571. The van der Waals surface area contributed by atoms with E-state index in [0.29, 0.717) is 5.84 Å². The van der Waals surface area contributed by atoms with Crippen molar-refractivity contribution in [2.75, 3.05) is 5.75 Å². The van der Waals surface area contributed by atoms with Crippen LogP contribution in [0.2, 0.25) is 0 Å². The van der Waals surface area contributed by atoms with E-state index in [9.17, 15) is 0 Å². The molecule has 1 atom stereocenters. The molecule has 3 nitrogen and oxygen atoms in total. The molecule has 0 radical (unpaired) electrons. The van der Waals surface area contributed by atoms with Crippen LogP contribution in [0, 0.1) is 0 Å². The Morgan fingerprint density at radius 3 is 2.82 bits per heavy atom. The molecule has 66 valence electrons. The average Bonchev–Trinajstić information content (AvgIpc) is 2.03. The Kier molecular flexibility index (Phi) is 6.12. The summed E-state index contributed by atoms with van der Waals surface area (Å²) in [5.74, 6) is 1.39. The van der Waals surface area contributed by atoms with Crippen LogP contribution in [0.25, 0.3) is 0 Å². The molecule has 0 aromatic rings. The third kappa shape index (κ3) is 4.95. The molecular formula is C7H16N2OS. The monoisotopic (exact) mass is 176 g/mol. The van der Waals surface area contributed by atoms with Gasteiger partial charge in [0.05, 0.1) is 5.25 Å². The van der Waals surface area contributed by atoms with Gasteiger partial charge in [-0.25, -0.2) is 0 Å². The lowest BCUT2D eigenvalue weighted by molar-refractivity contribution is 0.317. The second-order valence-corrected chi connectivity index (χ2v) is 3.84. The second-order valence-electron chi connectivity index (χ2n) is 2.39. The predicted octanol–water partition coefficient (Wildman–Crippen LogP) is 1.65. The van der Waals surface area contributed by atoms with Crippen molar-refractivity contribution in [2.24, 2.45) is 10.9 Å². The van der Waals surface area contributed by atoms with E-state index in [1.807, 2.05) is 6.92 Å². The Bertz CT molecular complexity index is 128. The minimum absolute atomic E-state index is 0.131. The molecule has 0 saturated carbocycles. The van der Waals surface area contributed by atoms with Crippen molar-refractivity contribution in [3.05, 3.63) is 0 Å². The van der Waals surface area contributed by atoms with Crippen LogP contribution in [-0.4, -0.2) is 22.0 Å². The lowest BCUT2D eigenvalue weighted by atomic mass is 10.4. The molecule has 0 aromatic heterocycles. The SMILES string of the molecule is CCCCSC(C)C(N)=NO. The third-order valence-corrected chi connectivity index (χ3v) is 2.66. The van der Waals surface area contributed by atoms with E-state index in [4.69, 9.17) is 10.9 Å². The van der Waals surface area contributed by atoms with Crippen LogP contribution < -0.4 is 5.73 Å². The number of unbranched alkanes of at least 4 members (excludes halogenated alkanes) is 1. The van der Waals surface area contributed by atoms with Crippen molar-refractivity contribution in [3.8, 4) is 0 Å². The van der Waals surface area contributed by atoms with E-state index in [-0.39, 0.29) is 5.25 Å². The molecule has 0 bridgehead atoms. The predicted molar refractivity (Wildman–Crippen MR) is 50.2 cm³/mol. The van der Waals surface area contributed by atoms with Crippen LogP contribution in [0.4, 0.5) is 0 Å². The fraction of sp³-hybridized carbons (Fsp3) is 0.857. The average molecular weight is 176 g/mol. The molecule has 4 heteroatoms. The highest BCUT2D eigenvalue weighted by Crippen LogP contribution is 2.12. The van der Waals surface area contributed by atoms with Crippen LogP contribution in [0.3, 0.4) is 0 Å². The Hall–Kier alpha value is -0.380. The number of oxime groups is 1. The van der Waals surface area contributed by atoms with E-state index < -0.39 is 0 Å². The Morgan fingerprint density at radius 1 is 1.73 bits per heavy atom. The Morgan fingerprint density at radius 2 is 2.36 bits per heavy atom. The van der Waals surface area contributed by atoms with Gasteiger partial charge in [0, 0.05) is 0 Å². The molecular weight excluding hydrogens is 160 g/mol. The summed E-state index contributed by atoms with van der Waals surface area (Å²) in [6.45, 7) is 4.09. The summed E-state index contributed by atoms with van der Waals surface area (Å²) in [6.07, 6.45) is 2.38. The number of amidine groups is 1. The van der Waals surface area contributed by atoms with Crippen molar-refractivity contribution in [1.82, 2.24) is 0 Å². The molecule has 0 aromatic carbocycles. The number of nitrogens with zero attached hydrogens (tertiary/aromatic N) is 1. The van der Waals surface area contributed by atoms with Crippen LogP contribution in [-0.2, 0) is 0 Å². The van der Waals surface area contributed by atoms with Crippen molar-refractivity contribution in [2.45, 2.75) is 31.9 Å². The standard InChI is InChI=1S/C7H16N2OS/c1-3-4-5-11-6(2)7(8)9-10/h6,10H,3-5H2,1-2H3,(H2,8,9). The first-order valence-electron chi connectivity index (χ1n) is 3.81.